The second-order valence-electron chi connectivity index (χ2n) is 4.88. The average molecular weight is 280 g/mol. The Morgan fingerprint density at radius 2 is 1.74 bits per heavy atom. The standard InChI is InChI=1S/C16H10NS2/c1-2-6-11-10(5-1)9-17-15(11)19-14-12-7-3-4-8-13(12)18-16(14)17/h1-8H,9H2/q+1. The van der Waals surface area contributed by atoms with Crippen LogP contribution in [0.3, 0.4) is 0 Å². The SMILES string of the molecule is c1ccc2c(c1)C[n+]1c-2sc2c3ccccc3sc21. The Labute approximate surface area is 118 Å². The van der Waals surface area contributed by atoms with E-state index in [4.69, 9.17) is 0 Å². The van der Waals surface area contributed by atoms with Crippen molar-refractivity contribution >= 4 is 42.3 Å². The maximum atomic E-state index is 2.48. The topological polar surface area (TPSA) is 3.88 Å². The Hall–Kier alpha value is -1.71. The maximum Gasteiger partial charge on any atom is 0.281 e. The van der Waals surface area contributed by atoms with Crippen molar-refractivity contribution in [1.82, 2.24) is 0 Å². The van der Waals surface area contributed by atoms with Crippen LogP contribution in [0.2, 0.25) is 0 Å². The fraction of sp³-hybridized carbons (Fsp3) is 0.0625. The van der Waals surface area contributed by atoms with Crippen LogP contribution in [0.15, 0.2) is 48.5 Å². The second kappa shape index (κ2) is 3.44. The van der Waals surface area contributed by atoms with E-state index in [-0.39, 0.29) is 0 Å². The van der Waals surface area contributed by atoms with Gasteiger partial charge in [-0.05, 0) is 12.1 Å². The molecular weight excluding hydrogens is 270 g/mol. The monoisotopic (exact) mass is 280 g/mol. The van der Waals surface area contributed by atoms with Crippen LogP contribution in [0.5, 0.6) is 0 Å². The smallest absolute Gasteiger partial charge is 0.168 e. The molecule has 0 radical (unpaired) electrons. The van der Waals surface area contributed by atoms with Gasteiger partial charge in [0.15, 0.2) is 6.54 Å². The molecular formula is C16H10NS2+. The minimum Gasteiger partial charge on any atom is -0.168 e. The zero-order valence-electron chi connectivity index (χ0n) is 10.1. The average Bonchev–Trinajstić information content (AvgIpc) is 3.07. The number of nitrogens with zero attached hydrogens (tertiary/aromatic N) is 1. The van der Waals surface area contributed by atoms with Gasteiger partial charge in [0.2, 0.25) is 0 Å². The van der Waals surface area contributed by atoms with E-state index in [1.807, 2.05) is 22.7 Å². The number of hydrogen-bond acceptors (Lipinski definition) is 2. The summed E-state index contributed by atoms with van der Waals surface area (Å²) in [4.78, 5) is 1.43. The number of thiophene rings is 1. The molecule has 0 aliphatic carbocycles. The first-order valence-corrected chi connectivity index (χ1v) is 7.97. The minimum atomic E-state index is 1.03. The molecule has 19 heavy (non-hydrogen) atoms. The number of rotatable bonds is 0. The highest BCUT2D eigenvalue weighted by atomic mass is 32.1. The largest absolute Gasteiger partial charge is 0.281 e. The van der Waals surface area contributed by atoms with Crippen molar-refractivity contribution in [2.75, 3.05) is 0 Å². The molecule has 1 aliphatic rings. The molecule has 0 unspecified atom stereocenters. The lowest BCUT2D eigenvalue weighted by Gasteiger charge is -1.89. The fourth-order valence-corrected chi connectivity index (χ4v) is 5.64. The molecule has 1 aliphatic heterocycles. The summed E-state index contributed by atoms with van der Waals surface area (Å²) in [5.41, 5.74) is 2.87. The number of fused-ring (bicyclic) bond motifs is 7. The summed E-state index contributed by atoms with van der Waals surface area (Å²) in [5, 5.41) is 2.83. The molecule has 0 bridgehead atoms. The third kappa shape index (κ3) is 1.22. The van der Waals surface area contributed by atoms with Crippen molar-refractivity contribution < 1.29 is 4.57 Å². The zero-order valence-corrected chi connectivity index (χ0v) is 11.7. The van der Waals surface area contributed by atoms with Crippen LogP contribution in [0, 0.1) is 0 Å². The molecule has 0 spiro atoms. The zero-order chi connectivity index (χ0) is 12.4. The maximum absolute atomic E-state index is 2.48. The van der Waals surface area contributed by atoms with Crippen LogP contribution in [-0.2, 0) is 6.54 Å². The van der Waals surface area contributed by atoms with Gasteiger partial charge in [-0.15, -0.1) is 0 Å². The van der Waals surface area contributed by atoms with Crippen LogP contribution in [-0.4, -0.2) is 0 Å². The van der Waals surface area contributed by atoms with Gasteiger partial charge in [-0.3, -0.25) is 0 Å². The van der Waals surface area contributed by atoms with Gasteiger partial charge < -0.3 is 0 Å². The molecule has 1 nitrogen and oxygen atoms in total. The lowest BCUT2D eigenvalue weighted by atomic mass is 10.1. The molecule has 0 saturated heterocycles. The number of benzene rings is 2. The first kappa shape index (κ1) is 10.1. The number of hydrogen-bond donors (Lipinski definition) is 0. The van der Waals surface area contributed by atoms with E-state index in [0.29, 0.717) is 0 Å². The summed E-state index contributed by atoms with van der Waals surface area (Å²) in [6.07, 6.45) is 0. The highest BCUT2D eigenvalue weighted by molar-refractivity contribution is 7.32. The van der Waals surface area contributed by atoms with E-state index in [9.17, 15) is 0 Å². The number of thiazole rings is 1. The van der Waals surface area contributed by atoms with Crippen LogP contribution >= 0.6 is 22.7 Å². The predicted octanol–water partition coefficient (Wildman–Crippen LogP) is 4.43. The van der Waals surface area contributed by atoms with Crippen molar-refractivity contribution in [3.05, 3.63) is 54.1 Å². The van der Waals surface area contributed by atoms with Crippen molar-refractivity contribution in [2.45, 2.75) is 6.54 Å². The summed E-state index contributed by atoms with van der Waals surface area (Å²) in [6.45, 7) is 1.03. The Morgan fingerprint density at radius 3 is 2.74 bits per heavy atom. The minimum absolute atomic E-state index is 1.03. The molecule has 3 heterocycles. The number of aromatic nitrogens is 1. The van der Waals surface area contributed by atoms with Crippen LogP contribution in [0.25, 0.3) is 30.2 Å². The summed E-state index contributed by atoms with van der Waals surface area (Å²) >= 11 is 3.86. The van der Waals surface area contributed by atoms with Gasteiger partial charge in [-0.25, -0.2) is 0 Å². The highest BCUT2D eigenvalue weighted by Crippen LogP contribution is 2.42. The Kier molecular flexibility index (Phi) is 1.83. The Morgan fingerprint density at radius 1 is 0.895 bits per heavy atom. The summed E-state index contributed by atoms with van der Waals surface area (Å²) in [7, 11) is 0. The predicted molar refractivity (Wildman–Crippen MR) is 81.9 cm³/mol. The van der Waals surface area contributed by atoms with Crippen molar-refractivity contribution in [2.24, 2.45) is 0 Å². The van der Waals surface area contributed by atoms with Gasteiger partial charge in [-0.1, -0.05) is 59.1 Å². The first-order chi connectivity index (χ1) is 9.42. The lowest BCUT2D eigenvalue weighted by molar-refractivity contribution is -0.639. The normalized spacial score (nSPS) is 13.1. The fourth-order valence-electron chi connectivity index (χ4n) is 2.91. The molecule has 0 atom stereocenters. The van der Waals surface area contributed by atoms with Crippen LogP contribution in [0.4, 0.5) is 0 Å². The molecule has 90 valence electrons. The summed E-state index contributed by atoms with van der Waals surface area (Å²) in [5.74, 6) is 0. The van der Waals surface area contributed by atoms with Gasteiger partial charge in [0.25, 0.3) is 9.84 Å². The third-order valence-electron chi connectivity index (χ3n) is 3.80. The van der Waals surface area contributed by atoms with Gasteiger partial charge >= 0.3 is 0 Å². The van der Waals surface area contributed by atoms with E-state index in [1.165, 1.54) is 35.8 Å². The second-order valence-corrected chi connectivity index (χ2v) is 6.91. The van der Waals surface area contributed by atoms with Gasteiger partial charge in [0, 0.05) is 15.6 Å². The van der Waals surface area contributed by atoms with Gasteiger partial charge in [-0.2, -0.15) is 4.57 Å². The molecule has 5 rings (SSSR count). The van der Waals surface area contributed by atoms with Gasteiger partial charge in [0.05, 0.1) is 5.56 Å². The quantitative estimate of drug-likeness (QED) is 0.369. The van der Waals surface area contributed by atoms with Crippen molar-refractivity contribution in [3.63, 3.8) is 0 Å². The molecule has 3 heteroatoms. The van der Waals surface area contributed by atoms with E-state index in [1.54, 1.807) is 0 Å². The van der Waals surface area contributed by atoms with E-state index in [0.717, 1.165) is 6.54 Å². The Balaban J connectivity index is 1.93. The molecule has 2 aromatic heterocycles. The molecule has 0 N–H and O–H groups in total. The van der Waals surface area contributed by atoms with Crippen molar-refractivity contribution in [3.8, 4) is 10.6 Å². The Bertz CT molecular complexity index is 946. The van der Waals surface area contributed by atoms with Crippen molar-refractivity contribution in [1.29, 1.82) is 0 Å². The van der Waals surface area contributed by atoms with E-state index < -0.39 is 0 Å². The molecule has 0 fully saturated rings. The molecule has 4 aromatic rings. The van der Waals surface area contributed by atoms with E-state index in [2.05, 4.69) is 53.1 Å². The van der Waals surface area contributed by atoms with Crippen LogP contribution < -0.4 is 4.57 Å². The first-order valence-electron chi connectivity index (χ1n) is 6.34. The summed E-state index contributed by atoms with van der Waals surface area (Å²) < 4.78 is 5.33. The lowest BCUT2D eigenvalue weighted by Crippen LogP contribution is -2.29. The highest BCUT2D eigenvalue weighted by Gasteiger charge is 2.33. The molecule has 0 saturated carbocycles. The molecule has 2 aromatic carbocycles. The third-order valence-corrected chi connectivity index (χ3v) is 6.37. The van der Waals surface area contributed by atoms with Gasteiger partial charge in [0.1, 0.15) is 4.70 Å². The summed E-state index contributed by atoms with van der Waals surface area (Å²) in [6, 6.07) is 17.5. The molecule has 0 amide bonds. The van der Waals surface area contributed by atoms with E-state index >= 15 is 0 Å². The van der Waals surface area contributed by atoms with Crippen LogP contribution in [0.1, 0.15) is 5.56 Å².